The van der Waals surface area contributed by atoms with Gasteiger partial charge in [0.05, 0.1) is 16.9 Å². The Bertz CT molecular complexity index is 1870. The molecule has 6 rings (SSSR count). The van der Waals surface area contributed by atoms with Crippen LogP contribution in [-0.4, -0.2) is 29.3 Å². The van der Waals surface area contributed by atoms with Crippen molar-refractivity contribution in [2.45, 2.75) is 32.1 Å². The molecule has 0 N–H and O–H groups in total. The second-order valence-electron chi connectivity index (χ2n) is 9.84. The predicted octanol–water partition coefficient (Wildman–Crippen LogP) is 6.05. The molecule has 202 valence electrons. The van der Waals surface area contributed by atoms with Gasteiger partial charge in [0, 0.05) is 36.6 Å². The van der Waals surface area contributed by atoms with Gasteiger partial charge in [-0.15, -0.1) is 0 Å². The van der Waals surface area contributed by atoms with Crippen LogP contribution in [0, 0.1) is 31.3 Å². The molecule has 1 fully saturated rings. The van der Waals surface area contributed by atoms with Gasteiger partial charge in [-0.05, 0) is 67.6 Å². The van der Waals surface area contributed by atoms with E-state index in [2.05, 4.69) is 20.1 Å². The highest BCUT2D eigenvalue weighted by Crippen LogP contribution is 2.55. The normalized spacial score (nSPS) is 16.4. The summed E-state index contributed by atoms with van der Waals surface area (Å²) in [4.78, 5) is 26.0. The molecule has 4 heterocycles. The Balaban J connectivity index is 1.45. The summed E-state index contributed by atoms with van der Waals surface area (Å²) in [6.07, 6.45) is 4.79. The van der Waals surface area contributed by atoms with Crippen LogP contribution in [-0.2, 0) is 7.05 Å². The maximum absolute atomic E-state index is 16.2. The lowest BCUT2D eigenvalue weighted by molar-refractivity contribution is 0.598. The minimum Gasteiger partial charge on any atom is -0.277 e. The molecular formula is C29H22ClF3N6O. The van der Waals surface area contributed by atoms with Gasteiger partial charge >= 0.3 is 0 Å². The minimum atomic E-state index is -0.872. The van der Waals surface area contributed by atoms with Crippen molar-refractivity contribution >= 4 is 11.6 Å². The van der Waals surface area contributed by atoms with Crippen LogP contribution in [0.15, 0.2) is 59.9 Å². The van der Waals surface area contributed by atoms with Crippen molar-refractivity contribution in [2.75, 3.05) is 0 Å². The van der Waals surface area contributed by atoms with Crippen LogP contribution >= 0.6 is 11.6 Å². The zero-order chi connectivity index (χ0) is 28.3. The van der Waals surface area contributed by atoms with E-state index in [9.17, 15) is 9.18 Å². The Hall–Kier alpha value is -4.31. The Kier molecular flexibility index (Phi) is 6.29. The van der Waals surface area contributed by atoms with E-state index in [0.29, 0.717) is 28.9 Å². The molecule has 0 unspecified atom stereocenters. The summed E-state index contributed by atoms with van der Waals surface area (Å²) in [5.74, 6) is -2.13. The molecule has 0 bridgehead atoms. The Labute approximate surface area is 232 Å². The first-order valence-corrected chi connectivity index (χ1v) is 12.9. The van der Waals surface area contributed by atoms with Crippen LogP contribution < -0.4 is 5.56 Å². The predicted molar refractivity (Wildman–Crippen MR) is 144 cm³/mol. The monoisotopic (exact) mass is 562 g/mol. The van der Waals surface area contributed by atoms with Gasteiger partial charge < -0.3 is 0 Å². The number of hydrogen-bond donors (Lipinski definition) is 0. The van der Waals surface area contributed by atoms with Gasteiger partial charge in [0.25, 0.3) is 5.56 Å². The summed E-state index contributed by atoms with van der Waals surface area (Å²) in [5, 5.41) is 3.89. The zero-order valence-electron chi connectivity index (χ0n) is 21.7. The van der Waals surface area contributed by atoms with Gasteiger partial charge in [0.1, 0.15) is 28.7 Å². The molecule has 40 heavy (non-hydrogen) atoms. The van der Waals surface area contributed by atoms with Crippen molar-refractivity contribution in [3.63, 3.8) is 0 Å². The first kappa shape index (κ1) is 25.9. The molecule has 5 aromatic rings. The number of rotatable bonds is 5. The molecule has 4 aromatic heterocycles. The number of hydrogen-bond acceptors (Lipinski definition) is 5. The first-order valence-electron chi connectivity index (χ1n) is 12.5. The third-order valence-corrected chi connectivity index (χ3v) is 7.68. The van der Waals surface area contributed by atoms with Gasteiger partial charge in [0.2, 0.25) is 0 Å². The number of halogens is 4. The lowest BCUT2D eigenvalue weighted by Crippen LogP contribution is -2.24. The van der Waals surface area contributed by atoms with Crippen molar-refractivity contribution in [2.24, 2.45) is 7.05 Å². The number of pyridine rings is 3. The van der Waals surface area contributed by atoms with Crippen LogP contribution in [0.1, 0.15) is 40.8 Å². The minimum absolute atomic E-state index is 0.0764. The topological polar surface area (TPSA) is 78.5 Å². The fourth-order valence-corrected chi connectivity index (χ4v) is 5.53. The summed E-state index contributed by atoms with van der Waals surface area (Å²) in [5.41, 5.74) is 0.743. The van der Waals surface area contributed by atoms with Crippen molar-refractivity contribution in [3.8, 4) is 28.3 Å². The summed E-state index contributed by atoms with van der Waals surface area (Å²) >= 11 is 6.57. The van der Waals surface area contributed by atoms with Crippen LogP contribution in [0.2, 0.25) is 5.02 Å². The third-order valence-electron chi connectivity index (χ3n) is 7.30. The standard InChI is InChI=1S/C29H22ClF3N6O/c1-14-12-35-26(16-6-4-7-17(23(16)32)28-36-13-37-38(28)3)24(33)27(14)39-15(2)10-19(22(30)29(39)40)18-11-20(18)25-21(31)8-5-9-34-25/h4-10,12-13,18,20H,11H2,1-3H3/t18-,20+/m1/s1. The van der Waals surface area contributed by atoms with Gasteiger partial charge in [-0.1, -0.05) is 17.7 Å². The van der Waals surface area contributed by atoms with Crippen molar-refractivity contribution in [1.82, 2.24) is 29.3 Å². The summed E-state index contributed by atoms with van der Waals surface area (Å²) < 4.78 is 48.8. The number of nitrogens with zero attached hydrogens (tertiary/aromatic N) is 6. The third kappa shape index (κ3) is 4.10. The maximum atomic E-state index is 16.2. The van der Waals surface area contributed by atoms with Crippen LogP contribution in [0.25, 0.3) is 28.3 Å². The Morgan fingerprint density at radius 2 is 1.75 bits per heavy atom. The van der Waals surface area contributed by atoms with Crippen molar-refractivity contribution in [3.05, 3.63) is 110 Å². The average Bonchev–Trinajstić information content (AvgIpc) is 3.60. The second-order valence-corrected chi connectivity index (χ2v) is 10.2. The number of aromatic nitrogens is 6. The van der Waals surface area contributed by atoms with Crippen LogP contribution in [0.4, 0.5) is 13.2 Å². The van der Waals surface area contributed by atoms with E-state index in [1.807, 2.05) is 0 Å². The highest BCUT2D eigenvalue weighted by Gasteiger charge is 2.44. The fourth-order valence-electron chi connectivity index (χ4n) is 5.25. The highest BCUT2D eigenvalue weighted by atomic mass is 35.5. The zero-order valence-corrected chi connectivity index (χ0v) is 22.4. The van der Waals surface area contributed by atoms with E-state index in [1.165, 1.54) is 52.2 Å². The first-order chi connectivity index (χ1) is 19.2. The molecule has 1 aliphatic rings. The molecule has 0 amide bonds. The molecule has 0 saturated heterocycles. The Morgan fingerprint density at radius 1 is 0.975 bits per heavy atom. The quantitative estimate of drug-likeness (QED) is 0.261. The summed E-state index contributed by atoms with van der Waals surface area (Å²) in [6.45, 7) is 3.27. The second kappa shape index (κ2) is 9.71. The van der Waals surface area contributed by atoms with Crippen molar-refractivity contribution < 1.29 is 13.2 Å². The largest absolute Gasteiger partial charge is 0.277 e. The average molecular weight is 563 g/mol. The van der Waals surface area contributed by atoms with E-state index in [-0.39, 0.29) is 45.2 Å². The molecule has 0 radical (unpaired) electrons. The van der Waals surface area contributed by atoms with Crippen LogP contribution in [0.3, 0.4) is 0 Å². The van der Waals surface area contributed by atoms with E-state index < -0.39 is 23.0 Å². The van der Waals surface area contributed by atoms with E-state index in [0.717, 1.165) is 0 Å². The van der Waals surface area contributed by atoms with E-state index in [4.69, 9.17) is 11.6 Å². The molecule has 1 aromatic carbocycles. The smallest absolute Gasteiger partial charge is 0.274 e. The number of aryl methyl sites for hydroxylation is 3. The van der Waals surface area contributed by atoms with Gasteiger partial charge in [-0.2, -0.15) is 5.10 Å². The summed E-state index contributed by atoms with van der Waals surface area (Å²) in [6, 6.07) is 9.08. The van der Waals surface area contributed by atoms with Crippen molar-refractivity contribution in [1.29, 1.82) is 0 Å². The number of benzene rings is 1. The van der Waals surface area contributed by atoms with Gasteiger partial charge in [-0.3, -0.25) is 19.3 Å². The molecular weight excluding hydrogens is 541 g/mol. The highest BCUT2D eigenvalue weighted by molar-refractivity contribution is 6.31. The Morgan fingerprint density at radius 3 is 2.48 bits per heavy atom. The molecule has 0 spiro atoms. The lowest BCUT2D eigenvalue weighted by atomic mass is 10.0. The lowest BCUT2D eigenvalue weighted by Gasteiger charge is -2.18. The molecule has 7 nitrogen and oxygen atoms in total. The van der Waals surface area contributed by atoms with Gasteiger partial charge in [-0.25, -0.2) is 22.8 Å². The SMILES string of the molecule is Cc1cnc(-c2cccc(-c3ncnn3C)c2F)c(F)c1-n1c(C)cc([C@H]2C[C@@H]2c2ncccc2F)c(Cl)c1=O. The molecule has 1 aliphatic carbocycles. The molecule has 0 aliphatic heterocycles. The van der Waals surface area contributed by atoms with E-state index in [1.54, 1.807) is 33.0 Å². The van der Waals surface area contributed by atoms with Crippen LogP contribution in [0.5, 0.6) is 0 Å². The summed E-state index contributed by atoms with van der Waals surface area (Å²) in [7, 11) is 1.62. The maximum Gasteiger partial charge on any atom is 0.274 e. The van der Waals surface area contributed by atoms with Gasteiger partial charge in [0.15, 0.2) is 11.6 Å². The molecule has 11 heteroatoms. The molecule has 2 atom stereocenters. The fraction of sp³-hybridized carbons (Fsp3) is 0.207. The van der Waals surface area contributed by atoms with E-state index >= 15 is 8.78 Å². The molecule has 1 saturated carbocycles.